The van der Waals surface area contributed by atoms with E-state index in [1.807, 2.05) is 0 Å². The number of rotatable bonds is 5. The van der Waals surface area contributed by atoms with Gasteiger partial charge < -0.3 is 0 Å². The molecule has 0 spiro atoms. The normalized spacial score (nSPS) is 12.7. The van der Waals surface area contributed by atoms with Gasteiger partial charge in [-0.15, -0.1) is 0 Å². The standard InChI is InChI=1S/C13H16F3NO2S/c1-4-17(9-10(2)3)20(18,19)12-8-6-5-7-11(12)13(14,15)16/h5-8H,2,4,9H2,1,3H3. The van der Waals surface area contributed by atoms with Crippen LogP contribution in [0.25, 0.3) is 0 Å². The van der Waals surface area contributed by atoms with Crippen molar-refractivity contribution < 1.29 is 21.6 Å². The molecule has 0 atom stereocenters. The molecule has 0 N–H and O–H groups in total. The second kappa shape index (κ2) is 5.97. The maximum atomic E-state index is 12.9. The molecular weight excluding hydrogens is 291 g/mol. The summed E-state index contributed by atoms with van der Waals surface area (Å²) in [7, 11) is -4.21. The number of sulfonamides is 1. The predicted octanol–water partition coefficient (Wildman–Crippen LogP) is 3.29. The van der Waals surface area contributed by atoms with Crippen LogP contribution < -0.4 is 0 Å². The van der Waals surface area contributed by atoms with Gasteiger partial charge in [-0.1, -0.05) is 31.2 Å². The number of halogens is 3. The summed E-state index contributed by atoms with van der Waals surface area (Å²) in [5.41, 5.74) is -0.597. The Labute approximate surface area is 116 Å². The molecule has 1 aromatic carbocycles. The maximum absolute atomic E-state index is 12.9. The van der Waals surface area contributed by atoms with E-state index in [0.717, 1.165) is 22.5 Å². The predicted molar refractivity (Wildman–Crippen MR) is 70.7 cm³/mol. The molecule has 0 radical (unpaired) electrons. The van der Waals surface area contributed by atoms with Crippen molar-refractivity contribution in [2.45, 2.75) is 24.9 Å². The van der Waals surface area contributed by atoms with Crippen LogP contribution in [0.5, 0.6) is 0 Å². The van der Waals surface area contributed by atoms with E-state index < -0.39 is 26.7 Å². The Hall–Kier alpha value is -1.34. The lowest BCUT2D eigenvalue weighted by atomic mass is 10.2. The van der Waals surface area contributed by atoms with Gasteiger partial charge in [0.2, 0.25) is 10.0 Å². The SMILES string of the molecule is C=C(C)CN(CC)S(=O)(=O)c1ccccc1C(F)(F)F. The largest absolute Gasteiger partial charge is 0.417 e. The average molecular weight is 307 g/mol. The molecule has 1 rings (SSSR count). The number of nitrogens with zero attached hydrogens (tertiary/aromatic N) is 1. The highest BCUT2D eigenvalue weighted by Crippen LogP contribution is 2.35. The van der Waals surface area contributed by atoms with Crippen molar-refractivity contribution in [3.05, 3.63) is 42.0 Å². The number of benzene rings is 1. The van der Waals surface area contributed by atoms with E-state index >= 15 is 0 Å². The fraction of sp³-hybridized carbons (Fsp3) is 0.385. The van der Waals surface area contributed by atoms with E-state index in [2.05, 4.69) is 6.58 Å². The lowest BCUT2D eigenvalue weighted by Crippen LogP contribution is -2.33. The highest BCUT2D eigenvalue weighted by molar-refractivity contribution is 7.89. The summed E-state index contributed by atoms with van der Waals surface area (Å²) in [6.45, 7) is 6.84. The van der Waals surface area contributed by atoms with Crippen LogP contribution in [-0.4, -0.2) is 25.8 Å². The highest BCUT2D eigenvalue weighted by Gasteiger charge is 2.38. The molecule has 0 aliphatic heterocycles. The minimum atomic E-state index is -4.72. The minimum Gasteiger partial charge on any atom is -0.207 e. The van der Waals surface area contributed by atoms with Crippen LogP contribution in [-0.2, 0) is 16.2 Å². The molecule has 0 heterocycles. The van der Waals surface area contributed by atoms with Crippen molar-refractivity contribution in [3.8, 4) is 0 Å². The average Bonchev–Trinajstić information content (AvgIpc) is 2.34. The van der Waals surface area contributed by atoms with Crippen LogP contribution in [0.2, 0.25) is 0 Å². The fourth-order valence-electron chi connectivity index (χ4n) is 1.73. The van der Waals surface area contributed by atoms with Gasteiger partial charge in [0, 0.05) is 13.1 Å². The van der Waals surface area contributed by atoms with Gasteiger partial charge in [0.25, 0.3) is 0 Å². The second-order valence-corrected chi connectivity index (χ2v) is 6.29. The van der Waals surface area contributed by atoms with Crippen molar-refractivity contribution in [3.63, 3.8) is 0 Å². The number of alkyl halides is 3. The zero-order valence-corrected chi connectivity index (χ0v) is 12.1. The number of likely N-dealkylation sites (N-methyl/N-ethyl adjacent to an activating group) is 1. The Morgan fingerprint density at radius 2 is 1.85 bits per heavy atom. The first-order valence-electron chi connectivity index (χ1n) is 5.91. The van der Waals surface area contributed by atoms with Crippen LogP contribution in [0, 0.1) is 0 Å². The van der Waals surface area contributed by atoms with Crippen LogP contribution in [0.4, 0.5) is 13.2 Å². The molecule has 7 heteroatoms. The van der Waals surface area contributed by atoms with Gasteiger partial charge >= 0.3 is 6.18 Å². The summed E-state index contributed by atoms with van der Waals surface area (Å²) >= 11 is 0. The summed E-state index contributed by atoms with van der Waals surface area (Å²) in [6.07, 6.45) is -4.72. The van der Waals surface area contributed by atoms with Crippen LogP contribution >= 0.6 is 0 Å². The molecule has 112 valence electrons. The van der Waals surface area contributed by atoms with Crippen molar-refractivity contribution in [2.24, 2.45) is 0 Å². The lowest BCUT2D eigenvalue weighted by molar-refractivity contribution is -0.139. The molecule has 0 amide bonds. The van der Waals surface area contributed by atoms with Crippen LogP contribution in [0.3, 0.4) is 0 Å². The van der Waals surface area contributed by atoms with Gasteiger partial charge in [0.15, 0.2) is 0 Å². The van der Waals surface area contributed by atoms with Gasteiger partial charge in [-0.05, 0) is 19.1 Å². The Kier molecular flexibility index (Phi) is 4.99. The quantitative estimate of drug-likeness (QED) is 0.783. The van der Waals surface area contributed by atoms with Crippen LogP contribution in [0.1, 0.15) is 19.4 Å². The number of hydrogen-bond acceptors (Lipinski definition) is 2. The summed E-state index contributed by atoms with van der Waals surface area (Å²) < 4.78 is 64.4. The monoisotopic (exact) mass is 307 g/mol. The van der Waals surface area contributed by atoms with Gasteiger partial charge in [-0.3, -0.25) is 0 Å². The van der Waals surface area contributed by atoms with Gasteiger partial charge in [0.05, 0.1) is 10.5 Å². The molecule has 0 fully saturated rings. The summed E-state index contributed by atoms with van der Waals surface area (Å²) in [5, 5.41) is 0. The molecule has 0 bridgehead atoms. The zero-order valence-electron chi connectivity index (χ0n) is 11.2. The van der Waals surface area contributed by atoms with E-state index in [-0.39, 0.29) is 13.1 Å². The molecule has 0 aliphatic carbocycles. The highest BCUT2D eigenvalue weighted by atomic mass is 32.2. The Morgan fingerprint density at radius 1 is 1.30 bits per heavy atom. The minimum absolute atomic E-state index is 0.00890. The lowest BCUT2D eigenvalue weighted by Gasteiger charge is -2.22. The third-order valence-corrected chi connectivity index (χ3v) is 4.59. The molecule has 0 aliphatic rings. The van der Waals surface area contributed by atoms with Crippen LogP contribution in [0.15, 0.2) is 41.3 Å². The summed E-state index contributed by atoms with van der Waals surface area (Å²) in [4.78, 5) is -0.726. The number of hydrogen-bond donors (Lipinski definition) is 0. The van der Waals surface area contributed by atoms with Crippen molar-refractivity contribution in [2.75, 3.05) is 13.1 Å². The Balaban J connectivity index is 3.39. The molecule has 0 saturated heterocycles. The third-order valence-electron chi connectivity index (χ3n) is 2.61. The van der Waals surface area contributed by atoms with Gasteiger partial charge in [0.1, 0.15) is 0 Å². The topological polar surface area (TPSA) is 37.4 Å². The zero-order chi connectivity index (χ0) is 15.6. The second-order valence-electron chi connectivity index (χ2n) is 4.38. The molecule has 3 nitrogen and oxygen atoms in total. The van der Waals surface area contributed by atoms with Crippen molar-refractivity contribution >= 4 is 10.0 Å². The smallest absolute Gasteiger partial charge is 0.207 e. The summed E-state index contributed by atoms with van der Waals surface area (Å²) in [5.74, 6) is 0. The fourth-order valence-corrected chi connectivity index (χ4v) is 3.45. The van der Waals surface area contributed by atoms with E-state index in [9.17, 15) is 21.6 Å². The Morgan fingerprint density at radius 3 is 2.30 bits per heavy atom. The molecule has 1 aromatic rings. The molecule has 0 aromatic heterocycles. The molecular formula is C13H16F3NO2S. The van der Waals surface area contributed by atoms with E-state index in [4.69, 9.17) is 0 Å². The first kappa shape index (κ1) is 16.7. The van der Waals surface area contributed by atoms with Crippen molar-refractivity contribution in [1.82, 2.24) is 4.31 Å². The van der Waals surface area contributed by atoms with E-state index in [1.165, 1.54) is 6.07 Å². The van der Waals surface area contributed by atoms with E-state index in [1.54, 1.807) is 13.8 Å². The Bertz CT molecular complexity index is 594. The first-order chi connectivity index (χ1) is 9.10. The summed E-state index contributed by atoms with van der Waals surface area (Å²) in [6, 6.07) is 4.17. The van der Waals surface area contributed by atoms with E-state index in [0.29, 0.717) is 5.57 Å². The molecule has 0 saturated carbocycles. The van der Waals surface area contributed by atoms with Gasteiger partial charge in [-0.25, -0.2) is 8.42 Å². The third kappa shape index (κ3) is 3.61. The van der Waals surface area contributed by atoms with Gasteiger partial charge in [-0.2, -0.15) is 17.5 Å². The molecule has 0 unspecified atom stereocenters. The first-order valence-corrected chi connectivity index (χ1v) is 7.35. The molecule has 20 heavy (non-hydrogen) atoms. The van der Waals surface area contributed by atoms with Crippen molar-refractivity contribution in [1.29, 1.82) is 0 Å². The maximum Gasteiger partial charge on any atom is 0.417 e.